The quantitative estimate of drug-likeness (QED) is 0.518. The number of hydrogen-bond acceptors (Lipinski definition) is 5. The van der Waals surface area contributed by atoms with Crippen molar-refractivity contribution >= 4 is 33.7 Å². The number of fused-ring (bicyclic) bond motifs is 1. The predicted molar refractivity (Wildman–Crippen MR) is 114 cm³/mol. The Morgan fingerprint density at radius 2 is 1.86 bits per heavy atom. The van der Waals surface area contributed by atoms with Crippen molar-refractivity contribution in [3.05, 3.63) is 87.2 Å². The summed E-state index contributed by atoms with van der Waals surface area (Å²) in [5.74, 6) is -0.677. The number of anilines is 1. The molecule has 0 aliphatic heterocycles. The largest absolute Gasteiger partial charge is 0.322 e. The summed E-state index contributed by atoms with van der Waals surface area (Å²) in [5, 5.41) is 4.53. The highest BCUT2D eigenvalue weighted by Gasteiger charge is 2.17. The second kappa shape index (κ2) is 7.44. The number of aryl methyl sites for hydroxylation is 1. The second-order valence-electron chi connectivity index (χ2n) is 6.67. The molecule has 2 heterocycles. The molecule has 144 valence electrons. The van der Waals surface area contributed by atoms with E-state index in [1.165, 1.54) is 28.9 Å². The minimum absolute atomic E-state index is 0.0671. The molecule has 0 atom stereocenters. The summed E-state index contributed by atoms with van der Waals surface area (Å²) in [7, 11) is 0. The maximum absolute atomic E-state index is 13.1. The van der Waals surface area contributed by atoms with Gasteiger partial charge in [0.25, 0.3) is 11.5 Å². The maximum Gasteiger partial charge on any atom is 0.271 e. The van der Waals surface area contributed by atoms with Crippen LogP contribution in [-0.2, 0) is 0 Å². The molecular weight excluding hydrogens is 386 g/mol. The van der Waals surface area contributed by atoms with E-state index in [9.17, 15) is 14.4 Å². The summed E-state index contributed by atoms with van der Waals surface area (Å²) >= 11 is 1.34. The topological polar surface area (TPSA) is 80.5 Å². The molecule has 2 aromatic carbocycles. The number of thiazole rings is 1. The van der Waals surface area contributed by atoms with Gasteiger partial charge in [0.1, 0.15) is 5.56 Å². The Kier molecular flexibility index (Phi) is 4.82. The number of ketones is 1. The molecule has 4 aromatic rings. The summed E-state index contributed by atoms with van der Waals surface area (Å²) in [5.41, 5.74) is 3.10. The fraction of sp³-hybridized carbons (Fsp3) is 0.0909. The van der Waals surface area contributed by atoms with Gasteiger partial charge in [0.15, 0.2) is 10.7 Å². The van der Waals surface area contributed by atoms with Gasteiger partial charge < -0.3 is 5.32 Å². The van der Waals surface area contributed by atoms with Gasteiger partial charge in [0, 0.05) is 22.8 Å². The lowest BCUT2D eigenvalue weighted by molar-refractivity contribution is 0.101. The number of Topliss-reactive ketones (excluding diaryl/α,β-unsaturated/α-hetero) is 1. The van der Waals surface area contributed by atoms with Crippen LogP contribution in [0.5, 0.6) is 0 Å². The summed E-state index contributed by atoms with van der Waals surface area (Å²) in [6.07, 6.45) is 1.29. The van der Waals surface area contributed by atoms with Crippen LogP contribution in [0.1, 0.15) is 33.2 Å². The molecule has 4 rings (SSSR count). The molecule has 0 spiro atoms. The number of carbonyl (C=O) groups is 2. The minimum atomic E-state index is -0.571. The van der Waals surface area contributed by atoms with E-state index in [1.54, 1.807) is 24.3 Å². The highest BCUT2D eigenvalue weighted by molar-refractivity contribution is 7.15. The van der Waals surface area contributed by atoms with Gasteiger partial charge in [-0.15, -0.1) is 11.3 Å². The van der Waals surface area contributed by atoms with E-state index in [1.807, 2.05) is 36.6 Å². The number of nitrogens with one attached hydrogen (secondary N) is 1. The van der Waals surface area contributed by atoms with Gasteiger partial charge in [0.05, 0.1) is 5.69 Å². The van der Waals surface area contributed by atoms with Crippen molar-refractivity contribution in [2.75, 3.05) is 5.32 Å². The molecule has 0 bridgehead atoms. The number of aromatic nitrogens is 2. The van der Waals surface area contributed by atoms with E-state index in [2.05, 4.69) is 10.3 Å². The zero-order chi connectivity index (χ0) is 20.5. The van der Waals surface area contributed by atoms with Crippen molar-refractivity contribution < 1.29 is 9.59 Å². The van der Waals surface area contributed by atoms with Gasteiger partial charge in [-0.1, -0.05) is 42.0 Å². The van der Waals surface area contributed by atoms with E-state index >= 15 is 0 Å². The molecular formula is C22H17N3O3S. The molecule has 1 N–H and O–H groups in total. The van der Waals surface area contributed by atoms with Gasteiger partial charge in [-0.3, -0.25) is 18.8 Å². The Labute approximate surface area is 170 Å². The monoisotopic (exact) mass is 403 g/mol. The first-order valence-corrected chi connectivity index (χ1v) is 9.80. The molecule has 29 heavy (non-hydrogen) atoms. The van der Waals surface area contributed by atoms with Crippen LogP contribution in [0.15, 0.2) is 64.9 Å². The van der Waals surface area contributed by atoms with Crippen molar-refractivity contribution in [2.45, 2.75) is 13.8 Å². The summed E-state index contributed by atoms with van der Waals surface area (Å²) in [4.78, 5) is 42.1. The zero-order valence-electron chi connectivity index (χ0n) is 15.8. The summed E-state index contributed by atoms with van der Waals surface area (Å²) < 4.78 is 1.45. The molecule has 0 fully saturated rings. The van der Waals surface area contributed by atoms with E-state index < -0.39 is 11.5 Å². The zero-order valence-corrected chi connectivity index (χ0v) is 16.6. The second-order valence-corrected chi connectivity index (χ2v) is 7.51. The Morgan fingerprint density at radius 1 is 1.10 bits per heavy atom. The Morgan fingerprint density at radius 3 is 2.59 bits per heavy atom. The normalized spacial score (nSPS) is 10.8. The Balaban J connectivity index is 1.74. The number of carbonyl (C=O) groups excluding carboxylic acids is 2. The van der Waals surface area contributed by atoms with Crippen molar-refractivity contribution in [1.29, 1.82) is 0 Å². The van der Waals surface area contributed by atoms with Gasteiger partial charge in [-0.05, 0) is 31.5 Å². The third-order valence-corrected chi connectivity index (χ3v) is 5.40. The Bertz CT molecular complexity index is 1300. The van der Waals surface area contributed by atoms with Crippen LogP contribution in [0.3, 0.4) is 0 Å². The van der Waals surface area contributed by atoms with Crippen LogP contribution in [0.4, 0.5) is 5.69 Å². The van der Waals surface area contributed by atoms with Crippen molar-refractivity contribution in [3.8, 4) is 11.3 Å². The smallest absolute Gasteiger partial charge is 0.271 e. The molecule has 0 saturated heterocycles. The van der Waals surface area contributed by atoms with Crippen LogP contribution in [-0.4, -0.2) is 21.1 Å². The molecule has 0 unspecified atom stereocenters. The van der Waals surface area contributed by atoms with Gasteiger partial charge in [-0.2, -0.15) is 0 Å². The molecule has 0 aliphatic rings. The predicted octanol–water partition coefficient (Wildman–Crippen LogP) is 4.19. The molecule has 1 amide bonds. The van der Waals surface area contributed by atoms with E-state index in [0.717, 1.165) is 11.1 Å². The summed E-state index contributed by atoms with van der Waals surface area (Å²) in [6.45, 7) is 3.45. The van der Waals surface area contributed by atoms with Crippen molar-refractivity contribution in [2.24, 2.45) is 0 Å². The van der Waals surface area contributed by atoms with E-state index in [-0.39, 0.29) is 11.3 Å². The Hall–Kier alpha value is -3.58. The molecule has 2 aromatic heterocycles. The minimum Gasteiger partial charge on any atom is -0.322 e. The number of nitrogens with zero attached hydrogens (tertiary/aromatic N) is 2. The van der Waals surface area contributed by atoms with Gasteiger partial charge in [0.2, 0.25) is 0 Å². The van der Waals surface area contributed by atoms with E-state index in [4.69, 9.17) is 0 Å². The van der Waals surface area contributed by atoms with Crippen LogP contribution in [0.2, 0.25) is 0 Å². The maximum atomic E-state index is 13.1. The highest BCUT2D eigenvalue weighted by Crippen LogP contribution is 2.24. The lowest BCUT2D eigenvalue weighted by Crippen LogP contribution is -2.26. The first kappa shape index (κ1) is 18.8. The number of benzene rings is 2. The van der Waals surface area contributed by atoms with Crippen LogP contribution >= 0.6 is 11.3 Å². The van der Waals surface area contributed by atoms with E-state index in [0.29, 0.717) is 21.9 Å². The SMILES string of the molecule is CC(=O)c1cccc(NC(=O)c2cnc3scc(-c4ccc(C)cc4)n3c2=O)c1. The molecule has 0 saturated carbocycles. The number of rotatable bonds is 4. The molecule has 0 radical (unpaired) electrons. The summed E-state index contributed by atoms with van der Waals surface area (Å²) in [6, 6.07) is 14.4. The van der Waals surface area contributed by atoms with Crippen LogP contribution in [0, 0.1) is 6.92 Å². The lowest BCUT2D eigenvalue weighted by atomic mass is 10.1. The number of hydrogen-bond donors (Lipinski definition) is 1. The number of amides is 1. The van der Waals surface area contributed by atoms with Crippen molar-refractivity contribution in [3.63, 3.8) is 0 Å². The van der Waals surface area contributed by atoms with Gasteiger partial charge in [-0.25, -0.2) is 4.98 Å². The van der Waals surface area contributed by atoms with Crippen molar-refractivity contribution in [1.82, 2.24) is 9.38 Å². The third-order valence-electron chi connectivity index (χ3n) is 4.56. The highest BCUT2D eigenvalue weighted by atomic mass is 32.1. The standard InChI is InChI=1S/C22H17N3O3S/c1-13-6-8-15(9-7-13)19-12-29-22-23-11-18(21(28)25(19)22)20(27)24-17-5-3-4-16(10-17)14(2)26/h3-12H,1-2H3,(H,24,27). The average molecular weight is 403 g/mol. The van der Waals surface area contributed by atoms with Crippen LogP contribution < -0.4 is 10.9 Å². The fourth-order valence-corrected chi connectivity index (χ4v) is 3.85. The molecule has 0 aliphatic carbocycles. The molecule has 7 heteroatoms. The fourth-order valence-electron chi connectivity index (χ4n) is 2.99. The van der Waals surface area contributed by atoms with Gasteiger partial charge >= 0.3 is 0 Å². The molecule has 6 nitrogen and oxygen atoms in total. The first-order chi connectivity index (χ1) is 13.9. The lowest BCUT2D eigenvalue weighted by Gasteiger charge is -2.07. The van der Waals surface area contributed by atoms with Crippen LogP contribution in [0.25, 0.3) is 16.2 Å². The third kappa shape index (κ3) is 3.60. The average Bonchev–Trinajstić information content (AvgIpc) is 3.14. The first-order valence-electron chi connectivity index (χ1n) is 8.92.